The van der Waals surface area contributed by atoms with E-state index in [1.165, 1.54) is 0 Å². The molecule has 16 heavy (non-hydrogen) atoms. The lowest BCUT2D eigenvalue weighted by Crippen LogP contribution is -2.42. The van der Waals surface area contributed by atoms with Crippen molar-refractivity contribution in [2.24, 2.45) is 5.41 Å². The van der Waals surface area contributed by atoms with Gasteiger partial charge in [-0.3, -0.25) is 4.79 Å². The lowest BCUT2D eigenvalue weighted by Gasteiger charge is -2.30. The van der Waals surface area contributed by atoms with Crippen molar-refractivity contribution in [3.8, 4) is 0 Å². The maximum atomic E-state index is 11.2. The molecule has 0 bridgehead atoms. The van der Waals surface area contributed by atoms with Crippen LogP contribution in [0.4, 0.5) is 0 Å². The summed E-state index contributed by atoms with van der Waals surface area (Å²) >= 11 is 0. The van der Waals surface area contributed by atoms with Crippen LogP contribution in [0.15, 0.2) is 0 Å². The molecule has 2 N–H and O–H groups in total. The Hall–Kier alpha value is -0.610. The number of carbonyl (C=O) groups excluding carboxylic acids is 1. The average Bonchev–Trinajstić information content (AvgIpc) is 2.16. The Morgan fingerprint density at radius 3 is 2.31 bits per heavy atom. The van der Waals surface area contributed by atoms with Gasteiger partial charge in [0.25, 0.3) is 0 Å². The molecule has 0 aromatic carbocycles. The molecular weight excluding hydrogens is 204 g/mol. The van der Waals surface area contributed by atoms with Crippen LogP contribution in [0, 0.1) is 5.41 Å². The van der Waals surface area contributed by atoms with Gasteiger partial charge in [0, 0.05) is 33.2 Å². The summed E-state index contributed by atoms with van der Waals surface area (Å²) in [6.07, 6.45) is 0.650. The molecular formula is C12H26N2O2. The summed E-state index contributed by atoms with van der Waals surface area (Å²) < 4.78 is 5.43. The summed E-state index contributed by atoms with van der Waals surface area (Å²) in [5, 5.41) is 5.94. The van der Waals surface area contributed by atoms with Crippen molar-refractivity contribution in [3.05, 3.63) is 0 Å². The number of carbonyl (C=O) groups is 1. The summed E-state index contributed by atoms with van der Waals surface area (Å²) in [6, 6.07) is 0.167. The predicted octanol–water partition coefficient (Wildman–Crippen LogP) is 1.16. The molecule has 96 valence electrons. The first-order valence-corrected chi connectivity index (χ1v) is 5.78. The Balaban J connectivity index is 3.98. The summed E-state index contributed by atoms with van der Waals surface area (Å²) in [4.78, 5) is 11.2. The van der Waals surface area contributed by atoms with Crippen LogP contribution in [0.3, 0.4) is 0 Å². The van der Waals surface area contributed by atoms with Crippen molar-refractivity contribution < 1.29 is 9.53 Å². The van der Waals surface area contributed by atoms with E-state index in [4.69, 9.17) is 4.74 Å². The summed E-state index contributed by atoms with van der Waals surface area (Å²) in [6.45, 7) is 9.20. The standard InChI is InChI=1S/C12H26N2O2/c1-9(7-11(15)13-5)14-8-10(16-6)12(2,3)4/h9-10,14H,7-8H2,1-6H3,(H,13,15). The van der Waals surface area contributed by atoms with Gasteiger partial charge in [-0.15, -0.1) is 0 Å². The van der Waals surface area contributed by atoms with Gasteiger partial charge in [0.05, 0.1) is 6.10 Å². The fourth-order valence-electron chi connectivity index (χ4n) is 1.50. The minimum absolute atomic E-state index is 0.0599. The van der Waals surface area contributed by atoms with Crippen LogP contribution in [0.2, 0.25) is 0 Å². The zero-order valence-corrected chi connectivity index (χ0v) is 11.4. The molecule has 0 radical (unpaired) electrons. The van der Waals surface area contributed by atoms with Crippen LogP contribution in [-0.2, 0) is 9.53 Å². The number of amides is 1. The number of hydrogen-bond donors (Lipinski definition) is 2. The first kappa shape index (κ1) is 15.4. The van der Waals surface area contributed by atoms with Crippen LogP contribution in [0.5, 0.6) is 0 Å². The third-order valence-corrected chi connectivity index (χ3v) is 2.67. The van der Waals surface area contributed by atoms with E-state index in [2.05, 4.69) is 31.4 Å². The van der Waals surface area contributed by atoms with Crippen molar-refractivity contribution in [3.63, 3.8) is 0 Å². The van der Waals surface area contributed by atoms with Crippen molar-refractivity contribution in [1.82, 2.24) is 10.6 Å². The molecule has 0 aromatic rings. The van der Waals surface area contributed by atoms with Gasteiger partial charge >= 0.3 is 0 Å². The summed E-state index contributed by atoms with van der Waals surface area (Å²) in [5.74, 6) is 0.0599. The minimum Gasteiger partial charge on any atom is -0.380 e. The molecule has 4 heteroatoms. The third-order valence-electron chi connectivity index (χ3n) is 2.67. The highest BCUT2D eigenvalue weighted by Gasteiger charge is 2.24. The summed E-state index contributed by atoms with van der Waals surface area (Å²) in [5.41, 5.74) is 0.106. The molecule has 2 unspecified atom stereocenters. The Kier molecular flexibility index (Phi) is 6.60. The smallest absolute Gasteiger partial charge is 0.221 e. The molecule has 0 aliphatic rings. The van der Waals surface area contributed by atoms with Crippen LogP contribution in [0.1, 0.15) is 34.1 Å². The van der Waals surface area contributed by atoms with E-state index in [-0.39, 0.29) is 23.5 Å². The van der Waals surface area contributed by atoms with Gasteiger partial charge in [-0.2, -0.15) is 0 Å². The molecule has 1 amide bonds. The van der Waals surface area contributed by atoms with E-state index in [0.29, 0.717) is 6.42 Å². The van der Waals surface area contributed by atoms with Gasteiger partial charge in [0.2, 0.25) is 5.91 Å². The maximum Gasteiger partial charge on any atom is 0.221 e. The zero-order valence-electron chi connectivity index (χ0n) is 11.4. The summed E-state index contributed by atoms with van der Waals surface area (Å²) in [7, 11) is 3.38. The Morgan fingerprint density at radius 2 is 1.94 bits per heavy atom. The van der Waals surface area contributed by atoms with Crippen LogP contribution >= 0.6 is 0 Å². The monoisotopic (exact) mass is 230 g/mol. The van der Waals surface area contributed by atoms with Crippen LogP contribution in [0.25, 0.3) is 0 Å². The normalized spacial score (nSPS) is 15.6. The highest BCUT2D eigenvalue weighted by molar-refractivity contribution is 5.76. The van der Waals surface area contributed by atoms with Gasteiger partial charge in [0.15, 0.2) is 0 Å². The van der Waals surface area contributed by atoms with Crippen molar-refractivity contribution in [2.75, 3.05) is 20.7 Å². The quantitative estimate of drug-likeness (QED) is 0.720. The molecule has 0 spiro atoms. The number of rotatable bonds is 6. The maximum absolute atomic E-state index is 11.2. The van der Waals surface area contributed by atoms with E-state index >= 15 is 0 Å². The third kappa shape index (κ3) is 6.08. The second kappa shape index (κ2) is 6.86. The van der Waals surface area contributed by atoms with E-state index in [0.717, 1.165) is 6.54 Å². The van der Waals surface area contributed by atoms with E-state index in [1.54, 1.807) is 14.2 Å². The minimum atomic E-state index is 0.0599. The molecule has 0 aliphatic heterocycles. The molecule has 0 rings (SSSR count). The first-order chi connectivity index (χ1) is 7.31. The molecule has 0 aromatic heterocycles. The Bertz CT molecular complexity index is 212. The number of nitrogens with one attached hydrogen (secondary N) is 2. The fourth-order valence-corrected chi connectivity index (χ4v) is 1.50. The lowest BCUT2D eigenvalue weighted by atomic mass is 9.89. The zero-order chi connectivity index (χ0) is 12.8. The molecule has 0 heterocycles. The first-order valence-electron chi connectivity index (χ1n) is 5.78. The fraction of sp³-hybridized carbons (Fsp3) is 0.917. The topological polar surface area (TPSA) is 50.4 Å². The van der Waals surface area contributed by atoms with E-state index in [9.17, 15) is 4.79 Å². The Morgan fingerprint density at radius 1 is 1.38 bits per heavy atom. The number of ether oxygens (including phenoxy) is 1. The van der Waals surface area contributed by atoms with Gasteiger partial charge in [-0.05, 0) is 12.3 Å². The number of hydrogen-bond acceptors (Lipinski definition) is 3. The molecule has 0 saturated carbocycles. The molecule has 0 fully saturated rings. The van der Waals surface area contributed by atoms with Crippen molar-refractivity contribution >= 4 is 5.91 Å². The van der Waals surface area contributed by atoms with E-state index in [1.807, 2.05) is 6.92 Å². The van der Waals surface area contributed by atoms with Crippen molar-refractivity contribution in [2.45, 2.75) is 46.3 Å². The highest BCUT2D eigenvalue weighted by Crippen LogP contribution is 2.21. The largest absolute Gasteiger partial charge is 0.380 e. The Labute approximate surface area is 99.1 Å². The van der Waals surface area contributed by atoms with Gasteiger partial charge in [-0.1, -0.05) is 20.8 Å². The average molecular weight is 230 g/mol. The SMILES string of the molecule is CNC(=O)CC(C)NCC(OC)C(C)(C)C. The predicted molar refractivity (Wildman–Crippen MR) is 66.4 cm³/mol. The number of methoxy groups -OCH3 is 1. The van der Waals surface area contributed by atoms with Gasteiger partial charge < -0.3 is 15.4 Å². The lowest BCUT2D eigenvalue weighted by molar-refractivity contribution is -0.121. The molecule has 0 saturated heterocycles. The van der Waals surface area contributed by atoms with Crippen LogP contribution < -0.4 is 10.6 Å². The van der Waals surface area contributed by atoms with Crippen molar-refractivity contribution in [1.29, 1.82) is 0 Å². The van der Waals surface area contributed by atoms with Gasteiger partial charge in [-0.25, -0.2) is 0 Å². The van der Waals surface area contributed by atoms with E-state index < -0.39 is 0 Å². The molecule has 0 aliphatic carbocycles. The van der Waals surface area contributed by atoms with Gasteiger partial charge in [0.1, 0.15) is 0 Å². The second-order valence-corrected chi connectivity index (χ2v) is 5.28. The highest BCUT2D eigenvalue weighted by atomic mass is 16.5. The molecule has 4 nitrogen and oxygen atoms in total. The van der Waals surface area contributed by atoms with Crippen LogP contribution in [-0.4, -0.2) is 38.8 Å². The second-order valence-electron chi connectivity index (χ2n) is 5.28. The molecule has 2 atom stereocenters.